The van der Waals surface area contributed by atoms with Gasteiger partial charge in [0.05, 0.1) is 11.4 Å². The molecule has 18 heavy (non-hydrogen) atoms. The average molecular weight is 251 g/mol. The SMILES string of the molecule is CCCc1nn(C)cc1-c1cc(F)c(N)cc1F. The topological polar surface area (TPSA) is 43.8 Å². The van der Waals surface area contributed by atoms with E-state index in [1.807, 2.05) is 6.92 Å². The summed E-state index contributed by atoms with van der Waals surface area (Å²) in [5.74, 6) is -1.14. The standard InChI is InChI=1S/C13H15F2N3/c1-3-4-13-9(7-18(2)17-13)8-5-11(15)12(16)6-10(8)14/h5-7H,3-4,16H2,1-2H3. The number of nitrogens with two attached hydrogens (primary N) is 1. The van der Waals surface area contributed by atoms with Gasteiger partial charge in [-0.1, -0.05) is 13.3 Å². The molecule has 0 aliphatic carbocycles. The molecule has 2 N–H and O–H groups in total. The zero-order valence-electron chi connectivity index (χ0n) is 10.4. The molecule has 0 atom stereocenters. The van der Waals surface area contributed by atoms with Crippen molar-refractivity contribution in [3.05, 3.63) is 35.7 Å². The Balaban J connectivity index is 2.57. The lowest BCUT2D eigenvalue weighted by molar-refractivity contribution is 0.607. The van der Waals surface area contributed by atoms with Gasteiger partial charge in [0, 0.05) is 30.4 Å². The van der Waals surface area contributed by atoms with Gasteiger partial charge in [-0.25, -0.2) is 8.78 Å². The first kappa shape index (κ1) is 12.5. The molecule has 2 aromatic rings. The normalized spacial score (nSPS) is 10.9. The Hall–Kier alpha value is -1.91. The molecule has 1 aromatic heterocycles. The Kier molecular flexibility index (Phi) is 3.32. The highest BCUT2D eigenvalue weighted by atomic mass is 19.1. The van der Waals surface area contributed by atoms with E-state index in [1.165, 1.54) is 0 Å². The highest BCUT2D eigenvalue weighted by Crippen LogP contribution is 2.29. The lowest BCUT2D eigenvalue weighted by atomic mass is 10.0. The van der Waals surface area contributed by atoms with E-state index < -0.39 is 11.6 Å². The molecule has 96 valence electrons. The number of aromatic nitrogens is 2. The van der Waals surface area contributed by atoms with Crippen molar-refractivity contribution in [2.75, 3.05) is 5.73 Å². The monoisotopic (exact) mass is 251 g/mol. The van der Waals surface area contributed by atoms with Gasteiger partial charge in [-0.2, -0.15) is 5.10 Å². The highest BCUT2D eigenvalue weighted by molar-refractivity contribution is 5.68. The van der Waals surface area contributed by atoms with E-state index in [0.29, 0.717) is 5.56 Å². The minimum Gasteiger partial charge on any atom is -0.396 e. The quantitative estimate of drug-likeness (QED) is 0.852. The summed E-state index contributed by atoms with van der Waals surface area (Å²) < 4.78 is 28.9. The van der Waals surface area contributed by atoms with Crippen LogP contribution in [0.25, 0.3) is 11.1 Å². The van der Waals surface area contributed by atoms with E-state index >= 15 is 0 Å². The van der Waals surface area contributed by atoms with Gasteiger partial charge in [0.15, 0.2) is 0 Å². The first-order valence-electron chi connectivity index (χ1n) is 5.80. The Bertz CT molecular complexity index is 576. The second kappa shape index (κ2) is 4.76. The zero-order valence-corrected chi connectivity index (χ0v) is 10.4. The van der Waals surface area contributed by atoms with Gasteiger partial charge >= 0.3 is 0 Å². The van der Waals surface area contributed by atoms with Gasteiger partial charge in [-0.3, -0.25) is 4.68 Å². The third-order valence-electron chi connectivity index (χ3n) is 2.77. The summed E-state index contributed by atoms with van der Waals surface area (Å²) in [4.78, 5) is 0. The fourth-order valence-corrected chi connectivity index (χ4v) is 1.95. The van der Waals surface area contributed by atoms with Gasteiger partial charge in [-0.05, 0) is 12.5 Å². The van der Waals surface area contributed by atoms with Gasteiger partial charge < -0.3 is 5.73 Å². The minimum atomic E-state index is -0.613. The van der Waals surface area contributed by atoms with E-state index in [2.05, 4.69) is 5.10 Å². The highest BCUT2D eigenvalue weighted by Gasteiger charge is 2.15. The number of halogens is 2. The number of benzene rings is 1. The molecule has 0 bridgehead atoms. The maximum atomic E-state index is 13.9. The molecule has 1 heterocycles. The van der Waals surface area contributed by atoms with E-state index in [1.54, 1.807) is 17.9 Å². The number of nitrogens with zero attached hydrogens (tertiary/aromatic N) is 2. The molecule has 0 spiro atoms. The van der Waals surface area contributed by atoms with Crippen molar-refractivity contribution < 1.29 is 8.78 Å². The summed E-state index contributed by atoms with van der Waals surface area (Å²) in [6.07, 6.45) is 3.31. The van der Waals surface area contributed by atoms with Gasteiger partial charge in [0.1, 0.15) is 11.6 Å². The second-order valence-corrected chi connectivity index (χ2v) is 4.27. The molecule has 2 rings (SSSR count). The zero-order chi connectivity index (χ0) is 13.3. The molecule has 3 nitrogen and oxygen atoms in total. The van der Waals surface area contributed by atoms with Gasteiger partial charge in [0.25, 0.3) is 0 Å². The summed E-state index contributed by atoms with van der Waals surface area (Å²) in [6, 6.07) is 2.13. The summed E-state index contributed by atoms with van der Waals surface area (Å²) >= 11 is 0. The molecular formula is C13H15F2N3. The molecular weight excluding hydrogens is 236 g/mol. The van der Waals surface area contributed by atoms with Crippen LogP contribution in [-0.4, -0.2) is 9.78 Å². The Morgan fingerprint density at radius 2 is 1.94 bits per heavy atom. The first-order chi connectivity index (χ1) is 8.52. The van der Waals surface area contributed by atoms with Gasteiger partial charge in [-0.15, -0.1) is 0 Å². The Morgan fingerprint density at radius 3 is 2.61 bits per heavy atom. The molecule has 0 saturated carbocycles. The molecule has 0 unspecified atom stereocenters. The Labute approximate surface area is 104 Å². The van der Waals surface area contributed by atoms with Crippen LogP contribution >= 0.6 is 0 Å². The molecule has 0 amide bonds. The predicted octanol–water partition coefficient (Wildman–Crippen LogP) is 2.90. The lowest BCUT2D eigenvalue weighted by Gasteiger charge is -2.05. The Morgan fingerprint density at radius 1 is 1.22 bits per heavy atom. The van der Waals surface area contributed by atoms with E-state index in [-0.39, 0.29) is 11.3 Å². The first-order valence-corrected chi connectivity index (χ1v) is 5.80. The van der Waals surface area contributed by atoms with Gasteiger partial charge in [0.2, 0.25) is 0 Å². The average Bonchev–Trinajstić information content (AvgIpc) is 2.65. The van der Waals surface area contributed by atoms with Crippen molar-refractivity contribution in [1.29, 1.82) is 0 Å². The minimum absolute atomic E-state index is 0.183. The van der Waals surface area contributed by atoms with Crippen LogP contribution in [0.3, 0.4) is 0 Å². The van der Waals surface area contributed by atoms with Crippen molar-refractivity contribution in [3.63, 3.8) is 0 Å². The lowest BCUT2D eigenvalue weighted by Crippen LogP contribution is -1.96. The summed E-state index contributed by atoms with van der Waals surface area (Å²) in [6.45, 7) is 2.01. The fourth-order valence-electron chi connectivity index (χ4n) is 1.95. The van der Waals surface area contributed by atoms with Crippen molar-refractivity contribution in [1.82, 2.24) is 9.78 Å². The maximum Gasteiger partial charge on any atom is 0.146 e. The van der Waals surface area contributed by atoms with Crippen molar-refractivity contribution in [3.8, 4) is 11.1 Å². The predicted molar refractivity (Wildman–Crippen MR) is 67.0 cm³/mol. The molecule has 0 aliphatic heterocycles. The maximum absolute atomic E-state index is 13.9. The number of aryl methyl sites for hydroxylation is 2. The van der Waals surface area contributed by atoms with Crippen LogP contribution in [0.15, 0.2) is 18.3 Å². The molecule has 0 fully saturated rings. The van der Waals surface area contributed by atoms with Crippen molar-refractivity contribution in [2.24, 2.45) is 7.05 Å². The smallest absolute Gasteiger partial charge is 0.146 e. The van der Waals surface area contributed by atoms with Crippen molar-refractivity contribution in [2.45, 2.75) is 19.8 Å². The van der Waals surface area contributed by atoms with E-state index in [0.717, 1.165) is 30.7 Å². The van der Waals surface area contributed by atoms with Crippen LogP contribution < -0.4 is 5.73 Å². The number of nitrogen functional groups attached to an aromatic ring is 1. The summed E-state index contributed by atoms with van der Waals surface area (Å²) in [5, 5.41) is 4.27. The summed E-state index contributed by atoms with van der Waals surface area (Å²) in [5.41, 5.74) is 6.75. The molecule has 1 aromatic carbocycles. The fraction of sp³-hybridized carbons (Fsp3) is 0.308. The van der Waals surface area contributed by atoms with Crippen LogP contribution in [-0.2, 0) is 13.5 Å². The molecule has 0 aliphatic rings. The summed E-state index contributed by atoms with van der Waals surface area (Å²) in [7, 11) is 1.76. The third kappa shape index (κ3) is 2.20. The van der Waals surface area contributed by atoms with E-state index in [9.17, 15) is 8.78 Å². The van der Waals surface area contributed by atoms with Crippen molar-refractivity contribution >= 4 is 5.69 Å². The number of anilines is 1. The molecule has 5 heteroatoms. The van der Waals surface area contributed by atoms with E-state index in [4.69, 9.17) is 5.73 Å². The van der Waals surface area contributed by atoms with Crippen LogP contribution in [0.1, 0.15) is 19.0 Å². The van der Waals surface area contributed by atoms with Crippen LogP contribution in [0.4, 0.5) is 14.5 Å². The molecule has 0 saturated heterocycles. The number of hydrogen-bond acceptors (Lipinski definition) is 2. The largest absolute Gasteiger partial charge is 0.396 e. The van der Waals surface area contributed by atoms with Crippen LogP contribution in [0, 0.1) is 11.6 Å². The van der Waals surface area contributed by atoms with Crippen LogP contribution in [0.2, 0.25) is 0 Å². The molecule has 0 radical (unpaired) electrons. The number of rotatable bonds is 3. The number of hydrogen-bond donors (Lipinski definition) is 1. The second-order valence-electron chi connectivity index (χ2n) is 4.27. The van der Waals surface area contributed by atoms with Crippen LogP contribution in [0.5, 0.6) is 0 Å². The third-order valence-corrected chi connectivity index (χ3v) is 2.77.